The molecule has 2 N–H and O–H groups in total. The van der Waals surface area contributed by atoms with Crippen molar-refractivity contribution < 1.29 is 14.3 Å². The molecule has 7 heteroatoms. The molecule has 3 aromatic rings. The number of carbonyl (C=O) groups is 1. The van der Waals surface area contributed by atoms with Crippen LogP contribution in [0.1, 0.15) is 21.5 Å². The third kappa shape index (κ3) is 3.05. The van der Waals surface area contributed by atoms with Gasteiger partial charge in [0, 0.05) is 6.20 Å². The number of carbonyl (C=O) groups excluding carboxylic acids is 1. The van der Waals surface area contributed by atoms with Crippen LogP contribution < -0.4 is 5.32 Å². The lowest BCUT2D eigenvalue weighted by molar-refractivity contribution is 0.0911. The van der Waals surface area contributed by atoms with Crippen LogP contribution in [0.15, 0.2) is 53.4 Å². The standard InChI is InChI=1S/C15H13N3O3S/c19-9-11(12-5-3-7-21-12)18-14(20)13-8-17-15(22-13)10-4-1-2-6-16-10/h1-8,11,19H,9H2,(H,18,20). The number of thiazole rings is 1. The van der Waals surface area contributed by atoms with Gasteiger partial charge in [-0.15, -0.1) is 11.3 Å². The molecule has 6 nitrogen and oxygen atoms in total. The molecule has 3 heterocycles. The van der Waals surface area contributed by atoms with Crippen molar-refractivity contribution in [1.29, 1.82) is 0 Å². The quantitative estimate of drug-likeness (QED) is 0.754. The van der Waals surface area contributed by atoms with Gasteiger partial charge in [0.1, 0.15) is 21.7 Å². The summed E-state index contributed by atoms with van der Waals surface area (Å²) in [7, 11) is 0. The fourth-order valence-electron chi connectivity index (χ4n) is 1.91. The van der Waals surface area contributed by atoms with Crippen LogP contribution in [0, 0.1) is 0 Å². The van der Waals surface area contributed by atoms with E-state index in [1.807, 2.05) is 18.2 Å². The summed E-state index contributed by atoms with van der Waals surface area (Å²) < 4.78 is 5.20. The molecule has 0 saturated carbocycles. The second kappa shape index (κ2) is 6.50. The van der Waals surface area contributed by atoms with Gasteiger partial charge in [0.05, 0.1) is 24.8 Å². The van der Waals surface area contributed by atoms with Gasteiger partial charge in [0.25, 0.3) is 5.91 Å². The number of amides is 1. The lowest BCUT2D eigenvalue weighted by Gasteiger charge is -2.12. The Morgan fingerprint density at radius 2 is 2.23 bits per heavy atom. The normalized spacial score (nSPS) is 12.0. The Hall–Kier alpha value is -2.51. The Labute approximate surface area is 130 Å². The van der Waals surface area contributed by atoms with E-state index in [-0.39, 0.29) is 12.5 Å². The summed E-state index contributed by atoms with van der Waals surface area (Å²) in [5, 5.41) is 12.8. The summed E-state index contributed by atoms with van der Waals surface area (Å²) in [5.41, 5.74) is 0.719. The van der Waals surface area contributed by atoms with Gasteiger partial charge in [-0.3, -0.25) is 9.78 Å². The zero-order valence-corrected chi connectivity index (χ0v) is 12.3. The molecule has 1 atom stereocenters. The number of furan rings is 1. The number of aliphatic hydroxyl groups is 1. The third-order valence-electron chi connectivity index (χ3n) is 2.99. The van der Waals surface area contributed by atoms with Crippen LogP contribution in [0.3, 0.4) is 0 Å². The maximum atomic E-state index is 12.2. The van der Waals surface area contributed by atoms with Crippen molar-refractivity contribution in [2.45, 2.75) is 6.04 Å². The van der Waals surface area contributed by atoms with Gasteiger partial charge in [0.2, 0.25) is 0 Å². The van der Waals surface area contributed by atoms with Gasteiger partial charge in [-0.2, -0.15) is 0 Å². The second-order valence-electron chi connectivity index (χ2n) is 4.47. The number of rotatable bonds is 5. The van der Waals surface area contributed by atoms with E-state index in [1.54, 1.807) is 18.3 Å². The minimum Gasteiger partial charge on any atom is -0.467 e. The summed E-state index contributed by atoms with van der Waals surface area (Å²) in [4.78, 5) is 21.1. The molecule has 0 aromatic carbocycles. The van der Waals surface area contributed by atoms with Crippen LogP contribution in [-0.2, 0) is 0 Å². The van der Waals surface area contributed by atoms with Crippen molar-refractivity contribution in [2.75, 3.05) is 6.61 Å². The monoisotopic (exact) mass is 315 g/mol. The zero-order valence-electron chi connectivity index (χ0n) is 11.5. The van der Waals surface area contributed by atoms with Crippen molar-refractivity contribution in [1.82, 2.24) is 15.3 Å². The number of pyridine rings is 1. The molecule has 0 radical (unpaired) electrons. The van der Waals surface area contributed by atoms with Crippen molar-refractivity contribution in [3.63, 3.8) is 0 Å². The number of hydrogen-bond donors (Lipinski definition) is 2. The van der Waals surface area contributed by atoms with Gasteiger partial charge in [-0.05, 0) is 24.3 Å². The maximum Gasteiger partial charge on any atom is 0.263 e. The molecule has 0 saturated heterocycles. The van der Waals surface area contributed by atoms with E-state index in [4.69, 9.17) is 4.42 Å². The summed E-state index contributed by atoms with van der Waals surface area (Å²) in [6.07, 6.45) is 4.67. The highest BCUT2D eigenvalue weighted by molar-refractivity contribution is 7.16. The van der Waals surface area contributed by atoms with Crippen LogP contribution in [0.5, 0.6) is 0 Å². The number of hydrogen-bond acceptors (Lipinski definition) is 6. The van der Waals surface area contributed by atoms with Gasteiger partial charge in [-0.25, -0.2) is 4.98 Å². The van der Waals surface area contributed by atoms with Crippen LogP contribution in [0.2, 0.25) is 0 Å². The molecule has 0 aliphatic carbocycles. The molecule has 0 aliphatic heterocycles. The molecule has 112 valence electrons. The molecule has 0 aliphatic rings. The van der Waals surface area contributed by atoms with Crippen LogP contribution >= 0.6 is 11.3 Å². The van der Waals surface area contributed by atoms with E-state index < -0.39 is 6.04 Å². The fraction of sp³-hybridized carbons (Fsp3) is 0.133. The van der Waals surface area contributed by atoms with E-state index in [9.17, 15) is 9.90 Å². The van der Waals surface area contributed by atoms with Gasteiger partial charge < -0.3 is 14.8 Å². The molecule has 0 fully saturated rings. The molecule has 0 bridgehead atoms. The molecular weight excluding hydrogens is 302 g/mol. The first-order chi connectivity index (χ1) is 10.8. The van der Waals surface area contributed by atoms with Crippen molar-refractivity contribution >= 4 is 17.2 Å². The number of aliphatic hydroxyl groups excluding tert-OH is 1. The summed E-state index contributed by atoms with van der Waals surface area (Å²) >= 11 is 1.25. The average molecular weight is 315 g/mol. The minimum absolute atomic E-state index is 0.245. The highest BCUT2D eigenvalue weighted by Crippen LogP contribution is 2.23. The Bertz CT molecular complexity index is 741. The van der Waals surface area contributed by atoms with Crippen molar-refractivity contribution in [3.8, 4) is 10.7 Å². The SMILES string of the molecule is O=C(NC(CO)c1ccco1)c1cnc(-c2ccccn2)s1. The molecule has 3 aromatic heterocycles. The lowest BCUT2D eigenvalue weighted by Crippen LogP contribution is -2.29. The Morgan fingerprint density at radius 1 is 1.32 bits per heavy atom. The van der Waals surface area contributed by atoms with E-state index in [2.05, 4.69) is 15.3 Å². The van der Waals surface area contributed by atoms with Crippen molar-refractivity contribution in [3.05, 3.63) is 59.6 Å². The van der Waals surface area contributed by atoms with E-state index >= 15 is 0 Å². The summed E-state index contributed by atoms with van der Waals surface area (Å²) in [6.45, 7) is -0.245. The van der Waals surface area contributed by atoms with E-state index in [0.29, 0.717) is 15.6 Å². The first-order valence-corrected chi connectivity index (χ1v) is 7.42. The summed E-state index contributed by atoms with van der Waals surface area (Å²) in [6, 6.07) is 8.34. The molecule has 22 heavy (non-hydrogen) atoms. The van der Waals surface area contributed by atoms with E-state index in [0.717, 1.165) is 5.69 Å². The van der Waals surface area contributed by atoms with Gasteiger partial charge in [0.15, 0.2) is 0 Å². The Morgan fingerprint density at radius 3 is 2.91 bits per heavy atom. The molecule has 1 amide bonds. The fourth-order valence-corrected chi connectivity index (χ4v) is 2.71. The number of nitrogens with one attached hydrogen (secondary N) is 1. The smallest absolute Gasteiger partial charge is 0.263 e. The summed E-state index contributed by atoms with van der Waals surface area (Å²) in [5.74, 6) is 0.195. The van der Waals surface area contributed by atoms with Crippen LogP contribution in [0.4, 0.5) is 0 Å². The first-order valence-electron chi connectivity index (χ1n) is 6.60. The topological polar surface area (TPSA) is 88.2 Å². The minimum atomic E-state index is -0.581. The average Bonchev–Trinajstić information content (AvgIpc) is 3.24. The molecule has 3 rings (SSSR count). The first kappa shape index (κ1) is 14.4. The lowest BCUT2D eigenvalue weighted by atomic mass is 10.2. The number of nitrogens with zero attached hydrogens (tertiary/aromatic N) is 2. The van der Waals surface area contributed by atoms with E-state index in [1.165, 1.54) is 23.8 Å². The van der Waals surface area contributed by atoms with Gasteiger partial charge >= 0.3 is 0 Å². The Balaban J connectivity index is 1.74. The van der Waals surface area contributed by atoms with Gasteiger partial charge in [-0.1, -0.05) is 6.07 Å². The second-order valence-corrected chi connectivity index (χ2v) is 5.50. The molecular formula is C15H13N3O3S. The molecule has 0 spiro atoms. The highest BCUT2D eigenvalue weighted by Gasteiger charge is 2.19. The van der Waals surface area contributed by atoms with Crippen molar-refractivity contribution in [2.24, 2.45) is 0 Å². The maximum absolute atomic E-state index is 12.2. The molecule has 1 unspecified atom stereocenters. The third-order valence-corrected chi connectivity index (χ3v) is 4.01. The highest BCUT2D eigenvalue weighted by atomic mass is 32.1. The largest absolute Gasteiger partial charge is 0.467 e. The van der Waals surface area contributed by atoms with Crippen LogP contribution in [-0.4, -0.2) is 27.6 Å². The van der Waals surface area contributed by atoms with Crippen LogP contribution in [0.25, 0.3) is 10.7 Å². The number of aromatic nitrogens is 2. The predicted molar refractivity (Wildman–Crippen MR) is 81.3 cm³/mol. The Kier molecular flexibility index (Phi) is 4.27. The zero-order chi connectivity index (χ0) is 15.4. The predicted octanol–water partition coefficient (Wildman–Crippen LogP) is 2.26.